The molecular formula is C20H30N4O2. The fourth-order valence-corrected chi connectivity index (χ4v) is 2.97. The van der Waals surface area contributed by atoms with Crippen LogP contribution in [0.25, 0.3) is 10.9 Å². The second-order valence-electron chi connectivity index (χ2n) is 6.87. The fourth-order valence-electron chi connectivity index (χ4n) is 2.97. The number of aromatic nitrogens is 1. The zero-order chi connectivity index (χ0) is 18.9. The van der Waals surface area contributed by atoms with Crippen LogP contribution in [0.15, 0.2) is 30.5 Å². The van der Waals surface area contributed by atoms with Gasteiger partial charge in [0.05, 0.1) is 0 Å². The van der Waals surface area contributed by atoms with Gasteiger partial charge in [0, 0.05) is 50.1 Å². The molecule has 1 aromatic carbocycles. The van der Waals surface area contributed by atoms with Crippen LogP contribution in [0, 0.1) is 0 Å². The van der Waals surface area contributed by atoms with Crippen molar-refractivity contribution in [3.05, 3.63) is 36.0 Å². The molecule has 0 saturated heterocycles. The average molecular weight is 358 g/mol. The van der Waals surface area contributed by atoms with Gasteiger partial charge in [-0.15, -0.1) is 0 Å². The smallest absolute Gasteiger partial charge is 0.221 e. The molecule has 26 heavy (non-hydrogen) atoms. The number of rotatable bonds is 10. The van der Waals surface area contributed by atoms with Crippen molar-refractivity contribution in [1.82, 2.24) is 20.1 Å². The van der Waals surface area contributed by atoms with Crippen LogP contribution in [0.3, 0.4) is 0 Å². The third-order valence-corrected chi connectivity index (χ3v) is 4.48. The molecule has 1 heterocycles. The van der Waals surface area contributed by atoms with Gasteiger partial charge in [-0.05, 0) is 45.1 Å². The Bertz CT molecular complexity index is 723. The standard InChI is InChI=1S/C20H30N4O2/c1-16(25)24(14-10-20(26)21-11-6-12-23(2)3)13-9-17-15-22-19-8-5-4-7-18(17)19/h4-5,7-8,15,22H,6,9-14H2,1-3H3,(H,21,26). The van der Waals surface area contributed by atoms with Crippen molar-refractivity contribution in [1.29, 1.82) is 0 Å². The molecule has 142 valence electrons. The van der Waals surface area contributed by atoms with E-state index in [1.165, 1.54) is 10.9 Å². The molecule has 0 unspecified atom stereocenters. The zero-order valence-corrected chi connectivity index (χ0v) is 16.0. The quantitative estimate of drug-likeness (QED) is 0.639. The maximum Gasteiger partial charge on any atom is 0.221 e. The molecule has 0 aliphatic rings. The fraction of sp³-hybridized carbons (Fsp3) is 0.500. The van der Waals surface area contributed by atoms with Crippen molar-refractivity contribution in [3.8, 4) is 0 Å². The lowest BCUT2D eigenvalue weighted by Crippen LogP contribution is -2.35. The van der Waals surface area contributed by atoms with Gasteiger partial charge in [0.15, 0.2) is 0 Å². The molecule has 1 aromatic heterocycles. The van der Waals surface area contributed by atoms with E-state index in [4.69, 9.17) is 0 Å². The minimum Gasteiger partial charge on any atom is -0.361 e. The zero-order valence-electron chi connectivity index (χ0n) is 16.0. The maximum atomic E-state index is 12.0. The largest absolute Gasteiger partial charge is 0.361 e. The number of hydrogen-bond donors (Lipinski definition) is 2. The highest BCUT2D eigenvalue weighted by molar-refractivity contribution is 5.83. The molecular weight excluding hydrogens is 328 g/mol. The summed E-state index contributed by atoms with van der Waals surface area (Å²) in [5.41, 5.74) is 2.30. The van der Waals surface area contributed by atoms with Gasteiger partial charge >= 0.3 is 0 Å². The number of nitrogens with one attached hydrogen (secondary N) is 2. The van der Waals surface area contributed by atoms with E-state index in [1.807, 2.05) is 38.5 Å². The first-order chi connectivity index (χ1) is 12.5. The number of carbonyl (C=O) groups is 2. The Morgan fingerprint density at radius 1 is 1.12 bits per heavy atom. The summed E-state index contributed by atoms with van der Waals surface area (Å²) in [4.78, 5) is 31.0. The summed E-state index contributed by atoms with van der Waals surface area (Å²) in [5.74, 6) is 0.00681. The molecule has 0 saturated carbocycles. The Balaban J connectivity index is 1.78. The first-order valence-corrected chi connectivity index (χ1v) is 9.19. The number of H-pyrrole nitrogens is 1. The minimum absolute atomic E-state index is 0.00194. The van der Waals surface area contributed by atoms with E-state index in [2.05, 4.69) is 21.3 Å². The summed E-state index contributed by atoms with van der Waals surface area (Å²) in [6, 6.07) is 8.15. The summed E-state index contributed by atoms with van der Waals surface area (Å²) < 4.78 is 0. The van der Waals surface area contributed by atoms with Gasteiger partial charge in [-0.2, -0.15) is 0 Å². The lowest BCUT2D eigenvalue weighted by molar-refractivity contribution is -0.129. The van der Waals surface area contributed by atoms with Crippen LogP contribution in [0.1, 0.15) is 25.3 Å². The first kappa shape index (κ1) is 20.0. The number of fused-ring (bicyclic) bond motifs is 1. The summed E-state index contributed by atoms with van der Waals surface area (Å²) in [6.45, 7) is 4.25. The highest BCUT2D eigenvalue weighted by Crippen LogP contribution is 2.18. The van der Waals surface area contributed by atoms with Crippen LogP contribution in [-0.4, -0.2) is 66.9 Å². The Hall–Kier alpha value is -2.34. The van der Waals surface area contributed by atoms with Crippen LogP contribution in [0.2, 0.25) is 0 Å². The Kier molecular flexibility index (Phi) is 7.66. The lowest BCUT2D eigenvalue weighted by Gasteiger charge is -2.20. The van der Waals surface area contributed by atoms with Crippen molar-refractivity contribution >= 4 is 22.7 Å². The summed E-state index contributed by atoms with van der Waals surface area (Å²) in [5, 5.41) is 4.11. The van der Waals surface area contributed by atoms with E-state index < -0.39 is 0 Å². The summed E-state index contributed by atoms with van der Waals surface area (Å²) >= 11 is 0. The SMILES string of the molecule is CC(=O)N(CCC(=O)NCCCN(C)C)CCc1c[nH]c2ccccc12. The van der Waals surface area contributed by atoms with E-state index in [-0.39, 0.29) is 11.8 Å². The van der Waals surface area contributed by atoms with Crippen LogP contribution < -0.4 is 5.32 Å². The molecule has 2 N–H and O–H groups in total. The number of hydrogen-bond acceptors (Lipinski definition) is 3. The van der Waals surface area contributed by atoms with Crippen molar-refractivity contribution in [2.24, 2.45) is 0 Å². The van der Waals surface area contributed by atoms with Gasteiger partial charge in [0.2, 0.25) is 11.8 Å². The molecule has 0 spiro atoms. The maximum absolute atomic E-state index is 12.0. The van der Waals surface area contributed by atoms with Crippen LogP contribution in [-0.2, 0) is 16.0 Å². The van der Waals surface area contributed by atoms with Gasteiger partial charge in [0.1, 0.15) is 0 Å². The topological polar surface area (TPSA) is 68.4 Å². The van der Waals surface area contributed by atoms with Crippen LogP contribution in [0.5, 0.6) is 0 Å². The van der Waals surface area contributed by atoms with E-state index in [1.54, 1.807) is 11.8 Å². The molecule has 0 aliphatic carbocycles. The van der Waals surface area contributed by atoms with Gasteiger partial charge in [-0.1, -0.05) is 18.2 Å². The molecule has 2 rings (SSSR count). The van der Waals surface area contributed by atoms with E-state index >= 15 is 0 Å². The third-order valence-electron chi connectivity index (χ3n) is 4.48. The third kappa shape index (κ3) is 6.19. The molecule has 0 fully saturated rings. The minimum atomic E-state index is 0.00194. The van der Waals surface area contributed by atoms with E-state index in [0.717, 1.165) is 24.9 Å². The molecule has 2 amide bonds. The molecule has 6 nitrogen and oxygen atoms in total. The lowest BCUT2D eigenvalue weighted by atomic mass is 10.1. The number of amides is 2. The number of aromatic amines is 1. The molecule has 0 bridgehead atoms. The number of benzene rings is 1. The second kappa shape index (κ2) is 9.97. The Morgan fingerprint density at radius 2 is 1.88 bits per heavy atom. The summed E-state index contributed by atoms with van der Waals surface area (Å²) in [7, 11) is 4.03. The number of carbonyl (C=O) groups excluding carboxylic acids is 2. The molecule has 6 heteroatoms. The van der Waals surface area contributed by atoms with Crippen LogP contribution in [0.4, 0.5) is 0 Å². The van der Waals surface area contributed by atoms with Crippen LogP contribution >= 0.6 is 0 Å². The summed E-state index contributed by atoms with van der Waals surface area (Å²) in [6.07, 6.45) is 4.04. The monoisotopic (exact) mass is 358 g/mol. The molecule has 0 aliphatic heterocycles. The Labute approximate surface area is 155 Å². The Morgan fingerprint density at radius 3 is 2.62 bits per heavy atom. The van der Waals surface area contributed by atoms with Gasteiger partial charge in [-0.3, -0.25) is 9.59 Å². The van der Waals surface area contributed by atoms with Crippen molar-refractivity contribution in [3.63, 3.8) is 0 Å². The van der Waals surface area contributed by atoms with Gasteiger partial charge in [0.25, 0.3) is 0 Å². The highest BCUT2D eigenvalue weighted by atomic mass is 16.2. The van der Waals surface area contributed by atoms with Gasteiger partial charge < -0.3 is 20.1 Å². The van der Waals surface area contributed by atoms with Gasteiger partial charge in [-0.25, -0.2) is 0 Å². The number of para-hydroxylation sites is 1. The van der Waals surface area contributed by atoms with Crippen molar-refractivity contribution in [2.45, 2.75) is 26.2 Å². The molecule has 0 atom stereocenters. The van der Waals surface area contributed by atoms with E-state index in [9.17, 15) is 9.59 Å². The molecule has 2 aromatic rings. The average Bonchev–Trinajstić information content (AvgIpc) is 3.01. The first-order valence-electron chi connectivity index (χ1n) is 9.19. The van der Waals surface area contributed by atoms with E-state index in [0.29, 0.717) is 26.1 Å². The highest BCUT2D eigenvalue weighted by Gasteiger charge is 2.12. The predicted octanol–water partition coefficient (Wildman–Crippen LogP) is 2.02. The second-order valence-corrected chi connectivity index (χ2v) is 6.87. The predicted molar refractivity (Wildman–Crippen MR) is 105 cm³/mol. The van der Waals surface area contributed by atoms with Crippen molar-refractivity contribution in [2.75, 3.05) is 40.3 Å². The molecule has 0 radical (unpaired) electrons. The normalized spacial score (nSPS) is 11.1. The van der Waals surface area contributed by atoms with Crippen molar-refractivity contribution < 1.29 is 9.59 Å². The number of nitrogens with zero attached hydrogens (tertiary/aromatic N) is 2.